The summed E-state index contributed by atoms with van der Waals surface area (Å²) in [6, 6.07) is 22.5. The van der Waals surface area contributed by atoms with Crippen LogP contribution >= 0.6 is 15.9 Å². The van der Waals surface area contributed by atoms with E-state index in [9.17, 15) is 4.79 Å². The lowest BCUT2D eigenvalue weighted by Gasteiger charge is -2.08. The Morgan fingerprint density at radius 3 is 2.10 bits per heavy atom. The van der Waals surface area contributed by atoms with Crippen LogP contribution in [-0.4, -0.2) is 16.2 Å². The number of aryl methyl sites for hydroxylation is 1. The van der Waals surface area contributed by atoms with Gasteiger partial charge in [-0.1, -0.05) is 45.8 Å². The summed E-state index contributed by atoms with van der Waals surface area (Å²) < 4.78 is 6.74. The second kappa shape index (κ2) is 8.92. The summed E-state index contributed by atoms with van der Waals surface area (Å²) in [7, 11) is 0. The molecule has 3 aromatic carbocycles. The van der Waals surface area contributed by atoms with Crippen LogP contribution in [0.3, 0.4) is 0 Å². The fraction of sp³-hybridized carbons (Fsp3) is 0.0870. The van der Waals surface area contributed by atoms with Crippen molar-refractivity contribution in [2.75, 3.05) is 10.6 Å². The number of carbonyl (C=O) groups is 1. The summed E-state index contributed by atoms with van der Waals surface area (Å²) in [4.78, 5) is 12.1. The normalized spacial score (nSPS) is 10.6. The zero-order chi connectivity index (χ0) is 20.9. The van der Waals surface area contributed by atoms with E-state index in [0.717, 1.165) is 15.6 Å². The van der Waals surface area contributed by atoms with Gasteiger partial charge in [0.25, 0.3) is 0 Å². The first-order chi connectivity index (χ1) is 14.5. The Hall–Kier alpha value is -3.45. The average molecular weight is 463 g/mol. The predicted molar refractivity (Wildman–Crippen MR) is 121 cm³/mol. The number of carbonyl (C=O) groups excluding carboxylic acids is 1. The van der Waals surface area contributed by atoms with Gasteiger partial charge in [0, 0.05) is 21.4 Å². The number of amides is 2. The summed E-state index contributed by atoms with van der Waals surface area (Å²) in [5.41, 5.74) is 4.49. The average Bonchev–Trinajstić information content (AvgIpc) is 3.20. The molecule has 30 heavy (non-hydrogen) atoms. The lowest BCUT2D eigenvalue weighted by molar-refractivity contribution is 0.262. The maximum Gasteiger partial charge on any atom is 0.323 e. The van der Waals surface area contributed by atoms with Crippen molar-refractivity contribution in [1.82, 2.24) is 10.2 Å². The predicted octanol–water partition coefficient (Wildman–Crippen LogP) is 6.04. The highest BCUT2D eigenvalue weighted by Gasteiger charge is 2.10. The highest BCUT2D eigenvalue weighted by atomic mass is 79.9. The number of halogens is 1. The molecule has 0 atom stereocenters. The van der Waals surface area contributed by atoms with Crippen LogP contribution in [0.2, 0.25) is 0 Å². The topological polar surface area (TPSA) is 80.0 Å². The molecule has 1 aromatic heterocycles. The van der Waals surface area contributed by atoms with Crippen molar-refractivity contribution in [3.63, 3.8) is 0 Å². The molecule has 2 N–H and O–H groups in total. The summed E-state index contributed by atoms with van der Waals surface area (Å²) in [5, 5.41) is 13.8. The third-order valence-corrected chi connectivity index (χ3v) is 4.96. The van der Waals surface area contributed by atoms with Crippen LogP contribution in [0.4, 0.5) is 16.2 Å². The van der Waals surface area contributed by atoms with Gasteiger partial charge in [-0.3, -0.25) is 0 Å². The van der Waals surface area contributed by atoms with E-state index in [4.69, 9.17) is 4.42 Å². The highest BCUT2D eigenvalue weighted by Crippen LogP contribution is 2.22. The Balaban J connectivity index is 1.37. The van der Waals surface area contributed by atoms with Gasteiger partial charge in [0.1, 0.15) is 0 Å². The molecule has 0 bridgehead atoms. The molecular weight excluding hydrogens is 444 g/mol. The first kappa shape index (κ1) is 19.8. The molecule has 0 fully saturated rings. The molecule has 6 nitrogen and oxygen atoms in total. The minimum absolute atomic E-state index is 0.316. The van der Waals surface area contributed by atoms with Crippen LogP contribution in [0.1, 0.15) is 17.0 Å². The van der Waals surface area contributed by atoms with Gasteiger partial charge in [0.05, 0.1) is 6.42 Å². The number of benzene rings is 3. The van der Waals surface area contributed by atoms with Crippen LogP contribution in [0.5, 0.6) is 0 Å². The molecule has 0 radical (unpaired) electrons. The van der Waals surface area contributed by atoms with Crippen molar-refractivity contribution in [3.8, 4) is 11.5 Å². The van der Waals surface area contributed by atoms with Gasteiger partial charge in [-0.25, -0.2) is 4.79 Å². The molecule has 0 aliphatic rings. The van der Waals surface area contributed by atoms with E-state index in [-0.39, 0.29) is 6.03 Å². The monoisotopic (exact) mass is 462 g/mol. The van der Waals surface area contributed by atoms with Crippen LogP contribution < -0.4 is 10.6 Å². The first-order valence-corrected chi connectivity index (χ1v) is 10.2. The second-order valence-electron chi connectivity index (χ2n) is 6.83. The molecular formula is C23H19BrN4O2. The number of nitrogens with one attached hydrogen (secondary N) is 2. The fourth-order valence-electron chi connectivity index (χ4n) is 2.85. The maximum atomic E-state index is 12.1. The van der Waals surface area contributed by atoms with Gasteiger partial charge in [-0.05, 0) is 61.0 Å². The van der Waals surface area contributed by atoms with E-state index < -0.39 is 0 Å². The van der Waals surface area contributed by atoms with Crippen molar-refractivity contribution in [2.24, 2.45) is 0 Å². The fourth-order valence-corrected chi connectivity index (χ4v) is 3.11. The van der Waals surface area contributed by atoms with Gasteiger partial charge in [0.15, 0.2) is 0 Å². The van der Waals surface area contributed by atoms with Crippen molar-refractivity contribution in [3.05, 3.63) is 94.3 Å². The van der Waals surface area contributed by atoms with E-state index in [1.54, 1.807) is 12.1 Å². The molecule has 1 heterocycles. The molecule has 0 aliphatic carbocycles. The largest absolute Gasteiger partial charge is 0.420 e. The minimum Gasteiger partial charge on any atom is -0.420 e. The van der Waals surface area contributed by atoms with Gasteiger partial charge in [-0.15, -0.1) is 10.2 Å². The van der Waals surface area contributed by atoms with Crippen molar-refractivity contribution < 1.29 is 9.21 Å². The van der Waals surface area contributed by atoms with E-state index in [1.165, 1.54) is 5.56 Å². The number of aromatic nitrogens is 2. The summed E-state index contributed by atoms with van der Waals surface area (Å²) in [6.45, 7) is 2.05. The van der Waals surface area contributed by atoms with Crippen LogP contribution in [0.25, 0.3) is 11.5 Å². The summed E-state index contributed by atoms with van der Waals surface area (Å²) in [6.07, 6.45) is 0.586. The van der Waals surface area contributed by atoms with E-state index >= 15 is 0 Å². The third kappa shape index (κ3) is 5.12. The Morgan fingerprint density at radius 1 is 0.867 bits per heavy atom. The number of urea groups is 1. The van der Waals surface area contributed by atoms with E-state index in [0.29, 0.717) is 29.6 Å². The van der Waals surface area contributed by atoms with Gasteiger partial charge < -0.3 is 15.1 Å². The van der Waals surface area contributed by atoms with Crippen LogP contribution in [0.15, 0.2) is 81.7 Å². The first-order valence-electron chi connectivity index (χ1n) is 9.37. The van der Waals surface area contributed by atoms with E-state index in [1.807, 2.05) is 36.4 Å². The quantitative estimate of drug-likeness (QED) is 0.378. The number of hydrogen-bond acceptors (Lipinski definition) is 4. The SMILES string of the molecule is Cc1ccc(Cc2nnc(-c3ccc(NC(=O)Nc4ccc(Br)cc4)cc3)o2)cc1. The summed E-state index contributed by atoms with van der Waals surface area (Å²) >= 11 is 3.37. The maximum absolute atomic E-state index is 12.1. The highest BCUT2D eigenvalue weighted by molar-refractivity contribution is 9.10. The minimum atomic E-state index is -0.316. The van der Waals surface area contributed by atoms with Crippen molar-refractivity contribution >= 4 is 33.3 Å². The van der Waals surface area contributed by atoms with Gasteiger partial charge >= 0.3 is 6.03 Å². The molecule has 150 valence electrons. The zero-order valence-electron chi connectivity index (χ0n) is 16.2. The lowest BCUT2D eigenvalue weighted by Crippen LogP contribution is -2.19. The molecule has 4 rings (SSSR count). The molecule has 0 spiro atoms. The zero-order valence-corrected chi connectivity index (χ0v) is 17.8. The molecule has 0 unspecified atom stereocenters. The lowest BCUT2D eigenvalue weighted by atomic mass is 10.1. The van der Waals surface area contributed by atoms with Crippen LogP contribution in [0, 0.1) is 6.92 Å². The van der Waals surface area contributed by atoms with Gasteiger partial charge in [0.2, 0.25) is 11.8 Å². The Bertz CT molecular complexity index is 1140. The number of nitrogens with zero attached hydrogens (tertiary/aromatic N) is 2. The number of hydrogen-bond donors (Lipinski definition) is 2. The third-order valence-electron chi connectivity index (χ3n) is 4.43. The second-order valence-corrected chi connectivity index (χ2v) is 7.74. The van der Waals surface area contributed by atoms with Crippen LogP contribution in [-0.2, 0) is 6.42 Å². The Morgan fingerprint density at radius 2 is 1.47 bits per heavy atom. The molecule has 4 aromatic rings. The smallest absolute Gasteiger partial charge is 0.323 e. The number of anilines is 2. The molecule has 0 saturated carbocycles. The van der Waals surface area contributed by atoms with Gasteiger partial charge in [-0.2, -0.15) is 0 Å². The standard InChI is InChI=1S/C23H19BrN4O2/c1-15-2-4-16(5-3-15)14-21-27-28-22(30-21)17-6-10-19(11-7-17)25-23(29)26-20-12-8-18(24)9-13-20/h2-13H,14H2,1H3,(H2,25,26,29). The molecule has 0 saturated heterocycles. The number of rotatable bonds is 5. The molecule has 0 aliphatic heterocycles. The van der Waals surface area contributed by atoms with E-state index in [2.05, 4.69) is 68.0 Å². The Labute approximate surface area is 182 Å². The van der Waals surface area contributed by atoms with Crippen molar-refractivity contribution in [1.29, 1.82) is 0 Å². The molecule has 2 amide bonds. The summed E-state index contributed by atoms with van der Waals surface area (Å²) in [5.74, 6) is 1.01. The molecule has 7 heteroatoms. The van der Waals surface area contributed by atoms with Crippen molar-refractivity contribution in [2.45, 2.75) is 13.3 Å². The Kier molecular flexibility index (Phi) is 5.90.